The van der Waals surface area contributed by atoms with E-state index in [1.807, 2.05) is 6.07 Å². The average molecular weight is 625 g/mol. The predicted molar refractivity (Wildman–Crippen MR) is 170 cm³/mol. The largest absolute Gasteiger partial charge is 0.493 e. The molecule has 5 N–H and O–H groups in total. The lowest BCUT2D eigenvalue weighted by atomic mass is 9.93. The van der Waals surface area contributed by atoms with E-state index >= 15 is 0 Å². The maximum absolute atomic E-state index is 14.4. The number of nitrogens with zero attached hydrogens (tertiary/aromatic N) is 3. The van der Waals surface area contributed by atoms with Crippen molar-refractivity contribution in [3.05, 3.63) is 100.0 Å². The number of nitriles is 1. The van der Waals surface area contributed by atoms with Crippen molar-refractivity contribution >= 4 is 17.9 Å². The van der Waals surface area contributed by atoms with Crippen molar-refractivity contribution in [2.45, 2.75) is 45.8 Å². The van der Waals surface area contributed by atoms with E-state index in [0.717, 1.165) is 0 Å². The quantitative estimate of drug-likeness (QED) is 0.176. The number of aromatic nitrogens is 2. The normalized spacial score (nSPS) is 12.0. The monoisotopic (exact) mass is 624 g/mol. The smallest absolute Gasteiger partial charge is 0.405 e. The topological polar surface area (TPSA) is 184 Å². The van der Waals surface area contributed by atoms with Gasteiger partial charge in [0, 0.05) is 24.1 Å². The number of carboxylic acid groups (broad SMARTS) is 1. The number of carbonyl (C=O) groups excluding carboxylic acids is 2. The summed E-state index contributed by atoms with van der Waals surface area (Å²) in [5, 5.41) is 21.8. The molecule has 0 bridgehead atoms. The van der Waals surface area contributed by atoms with Gasteiger partial charge in [-0.3, -0.25) is 9.59 Å². The fourth-order valence-corrected chi connectivity index (χ4v) is 5.44. The number of ether oxygens (including phenoxy) is 2. The number of aryl methyl sites for hydroxylation is 2. The number of methoxy groups -OCH3 is 2. The Kier molecular flexibility index (Phi) is 10.3. The Morgan fingerprint density at radius 3 is 2.35 bits per heavy atom. The molecule has 0 saturated heterocycles. The van der Waals surface area contributed by atoms with Crippen molar-refractivity contribution in [3.63, 3.8) is 0 Å². The van der Waals surface area contributed by atoms with Crippen LogP contribution in [0.15, 0.2) is 60.8 Å². The summed E-state index contributed by atoms with van der Waals surface area (Å²) in [7, 11) is 3.04. The van der Waals surface area contributed by atoms with E-state index in [-0.39, 0.29) is 13.0 Å². The molecule has 2 unspecified atom stereocenters. The van der Waals surface area contributed by atoms with Gasteiger partial charge in [-0.05, 0) is 73.4 Å². The van der Waals surface area contributed by atoms with Gasteiger partial charge in [0.05, 0.1) is 43.8 Å². The van der Waals surface area contributed by atoms with E-state index in [2.05, 4.69) is 21.4 Å². The van der Waals surface area contributed by atoms with Crippen molar-refractivity contribution in [3.8, 4) is 28.8 Å². The third-order valence-corrected chi connectivity index (χ3v) is 7.86. The minimum Gasteiger partial charge on any atom is -0.493 e. The first-order chi connectivity index (χ1) is 22.0. The molecule has 0 aliphatic carbocycles. The summed E-state index contributed by atoms with van der Waals surface area (Å²) in [5.74, 6) is 0.329. The summed E-state index contributed by atoms with van der Waals surface area (Å²) in [4.78, 5) is 47.6. The van der Waals surface area contributed by atoms with Crippen LogP contribution in [0.1, 0.15) is 57.0 Å². The lowest BCUT2D eigenvalue weighted by Crippen LogP contribution is -2.50. The molecular formula is C34H36N6O6. The summed E-state index contributed by atoms with van der Waals surface area (Å²) >= 11 is 0. The van der Waals surface area contributed by atoms with Crippen LogP contribution in [0.25, 0.3) is 11.3 Å². The van der Waals surface area contributed by atoms with E-state index in [0.29, 0.717) is 62.0 Å². The van der Waals surface area contributed by atoms with Gasteiger partial charge in [0.1, 0.15) is 11.9 Å². The summed E-state index contributed by atoms with van der Waals surface area (Å²) in [6, 6.07) is 15.9. The summed E-state index contributed by atoms with van der Waals surface area (Å²) < 4.78 is 10.8. The molecule has 0 saturated carbocycles. The van der Waals surface area contributed by atoms with Gasteiger partial charge in [-0.25, -0.2) is 9.78 Å². The maximum atomic E-state index is 14.4. The second-order valence-corrected chi connectivity index (χ2v) is 10.8. The van der Waals surface area contributed by atoms with Gasteiger partial charge in [-0.1, -0.05) is 24.3 Å². The molecule has 238 valence electrons. The van der Waals surface area contributed by atoms with Crippen molar-refractivity contribution in [1.29, 1.82) is 5.26 Å². The summed E-state index contributed by atoms with van der Waals surface area (Å²) in [6.07, 6.45) is 0.256. The minimum atomic E-state index is -1.37. The number of aromatic amines is 1. The number of nitrogens with two attached hydrogens (primary N) is 1. The molecule has 4 rings (SSSR count). The zero-order valence-corrected chi connectivity index (χ0v) is 26.2. The average Bonchev–Trinajstić information content (AvgIpc) is 3.54. The Hall–Kier alpha value is -5.83. The lowest BCUT2D eigenvalue weighted by molar-refractivity contribution is -0.136. The highest BCUT2D eigenvalue weighted by Crippen LogP contribution is 2.31. The molecule has 0 spiro atoms. The van der Waals surface area contributed by atoms with Crippen LogP contribution in [-0.4, -0.2) is 58.1 Å². The molecule has 0 radical (unpaired) electrons. The summed E-state index contributed by atoms with van der Waals surface area (Å²) in [6.45, 7) is 5.42. The Bertz CT molecular complexity index is 1790. The molecule has 3 amide bonds. The molecule has 3 aromatic carbocycles. The van der Waals surface area contributed by atoms with Crippen LogP contribution >= 0.6 is 0 Å². The lowest BCUT2D eigenvalue weighted by Gasteiger charge is -2.32. The molecule has 12 heteroatoms. The molecule has 2 atom stereocenters. The SMILES string of the molecule is COc1ccc(CN(C(=O)C(Cc2c(C)cc(C(N)=O)cc2C)NC(=O)O)C(C)c2ncc(-c3ccccc3C#N)[nH]2)cc1OC. The molecule has 1 heterocycles. The molecule has 4 aromatic rings. The van der Waals surface area contributed by atoms with Gasteiger partial charge in [-0.15, -0.1) is 0 Å². The van der Waals surface area contributed by atoms with Crippen LogP contribution in [0, 0.1) is 25.2 Å². The van der Waals surface area contributed by atoms with Gasteiger partial charge in [0.25, 0.3) is 0 Å². The number of amides is 3. The first-order valence-electron chi connectivity index (χ1n) is 14.4. The van der Waals surface area contributed by atoms with Crippen molar-refractivity contribution in [2.75, 3.05) is 14.2 Å². The fourth-order valence-electron chi connectivity index (χ4n) is 5.44. The zero-order valence-electron chi connectivity index (χ0n) is 26.2. The number of benzene rings is 3. The summed E-state index contributed by atoms with van der Waals surface area (Å²) in [5.41, 5.74) is 10.3. The van der Waals surface area contributed by atoms with Crippen LogP contribution < -0.4 is 20.5 Å². The number of H-pyrrole nitrogens is 1. The van der Waals surface area contributed by atoms with E-state index in [9.17, 15) is 24.8 Å². The van der Waals surface area contributed by atoms with Crippen LogP contribution in [0.4, 0.5) is 4.79 Å². The van der Waals surface area contributed by atoms with Gasteiger partial charge in [0.15, 0.2) is 11.5 Å². The van der Waals surface area contributed by atoms with Crippen molar-refractivity contribution in [1.82, 2.24) is 20.2 Å². The van der Waals surface area contributed by atoms with Crippen LogP contribution in [0.5, 0.6) is 11.5 Å². The molecule has 12 nitrogen and oxygen atoms in total. The van der Waals surface area contributed by atoms with Crippen LogP contribution in [-0.2, 0) is 17.8 Å². The molecular weight excluding hydrogens is 588 g/mol. The number of primary amides is 1. The first kappa shape index (κ1) is 33.1. The van der Waals surface area contributed by atoms with Gasteiger partial charge >= 0.3 is 6.09 Å². The molecule has 0 fully saturated rings. The fraction of sp³-hybridized carbons (Fsp3) is 0.265. The van der Waals surface area contributed by atoms with Crippen molar-refractivity contribution in [2.24, 2.45) is 5.73 Å². The Balaban J connectivity index is 1.77. The molecule has 0 aliphatic rings. The highest BCUT2D eigenvalue weighted by atomic mass is 16.5. The number of carbonyl (C=O) groups is 3. The third-order valence-electron chi connectivity index (χ3n) is 7.86. The van der Waals surface area contributed by atoms with Gasteiger partial charge in [-0.2, -0.15) is 5.26 Å². The Labute approximate surface area is 266 Å². The Morgan fingerprint density at radius 2 is 1.74 bits per heavy atom. The standard InChI is InChI=1S/C34H36N6O6/c1-19-12-24(31(36)41)13-20(2)26(19)15-27(39-34(43)44)33(42)40(18-22-10-11-29(45-4)30(14-22)46-5)21(3)32-37-17-28(38-32)25-9-7-6-8-23(25)16-35/h6-14,17,21,27,39H,15,18H2,1-5H3,(H2,36,41)(H,37,38)(H,43,44). The third kappa shape index (κ3) is 7.27. The number of hydrogen-bond acceptors (Lipinski definition) is 7. The van der Waals surface area contributed by atoms with E-state index in [4.69, 9.17) is 15.2 Å². The van der Waals surface area contributed by atoms with E-state index < -0.39 is 30.0 Å². The second kappa shape index (κ2) is 14.3. The van der Waals surface area contributed by atoms with Crippen LogP contribution in [0.3, 0.4) is 0 Å². The second-order valence-electron chi connectivity index (χ2n) is 10.8. The number of nitrogens with one attached hydrogen (secondary N) is 2. The predicted octanol–water partition coefficient (Wildman–Crippen LogP) is 4.65. The molecule has 0 aliphatic heterocycles. The highest BCUT2D eigenvalue weighted by Gasteiger charge is 2.32. The number of imidazole rings is 1. The molecule has 1 aromatic heterocycles. The van der Waals surface area contributed by atoms with Crippen LogP contribution in [0.2, 0.25) is 0 Å². The minimum absolute atomic E-state index is 0.0238. The van der Waals surface area contributed by atoms with E-state index in [1.54, 1.807) is 75.5 Å². The first-order valence-corrected chi connectivity index (χ1v) is 14.4. The Morgan fingerprint density at radius 1 is 1.07 bits per heavy atom. The van der Waals surface area contributed by atoms with Gasteiger partial charge in [0.2, 0.25) is 11.8 Å². The van der Waals surface area contributed by atoms with E-state index in [1.165, 1.54) is 19.1 Å². The zero-order chi connectivity index (χ0) is 33.5. The highest BCUT2D eigenvalue weighted by molar-refractivity contribution is 5.93. The number of hydrogen-bond donors (Lipinski definition) is 4. The van der Waals surface area contributed by atoms with Crippen molar-refractivity contribution < 1.29 is 29.0 Å². The van der Waals surface area contributed by atoms with Gasteiger partial charge < -0.3 is 35.5 Å². The molecule has 46 heavy (non-hydrogen) atoms. The maximum Gasteiger partial charge on any atom is 0.405 e. The number of rotatable bonds is 12.